The van der Waals surface area contributed by atoms with Crippen molar-refractivity contribution in [3.63, 3.8) is 0 Å². The predicted molar refractivity (Wildman–Crippen MR) is 50.7 cm³/mol. The Morgan fingerprint density at radius 3 is 2.17 bits per heavy atom. The first-order valence-electron chi connectivity index (χ1n) is 4.42. The molecule has 0 rings (SSSR count). The van der Waals surface area contributed by atoms with Crippen LogP contribution in [0.15, 0.2) is 0 Å². The summed E-state index contributed by atoms with van der Waals surface area (Å²) >= 11 is 0. The number of nitrogens with two attached hydrogens (primary N) is 1. The van der Waals surface area contributed by atoms with E-state index in [1.165, 1.54) is 0 Å². The van der Waals surface area contributed by atoms with Crippen molar-refractivity contribution in [1.82, 2.24) is 4.90 Å². The van der Waals surface area contributed by atoms with Gasteiger partial charge >= 0.3 is 0 Å². The number of hydrogen-bond donors (Lipinski definition) is 1. The van der Waals surface area contributed by atoms with Crippen LogP contribution in [0.3, 0.4) is 0 Å². The molecule has 0 aliphatic heterocycles. The van der Waals surface area contributed by atoms with Gasteiger partial charge in [0.1, 0.15) is 0 Å². The fourth-order valence-electron chi connectivity index (χ4n) is 0.968. The van der Waals surface area contributed by atoms with Gasteiger partial charge < -0.3 is 10.6 Å². The summed E-state index contributed by atoms with van der Waals surface area (Å²) in [6, 6.07) is -0.317. The van der Waals surface area contributed by atoms with Gasteiger partial charge in [0.15, 0.2) is 0 Å². The van der Waals surface area contributed by atoms with E-state index in [2.05, 4.69) is 13.8 Å². The third-order valence-corrected chi connectivity index (χ3v) is 1.81. The van der Waals surface area contributed by atoms with Gasteiger partial charge in [0.05, 0.1) is 6.04 Å². The van der Waals surface area contributed by atoms with E-state index in [1.54, 1.807) is 19.0 Å². The van der Waals surface area contributed by atoms with E-state index in [0.29, 0.717) is 5.92 Å². The number of rotatable bonds is 4. The molecule has 0 heterocycles. The lowest BCUT2D eigenvalue weighted by Crippen LogP contribution is -2.39. The summed E-state index contributed by atoms with van der Waals surface area (Å²) in [6.07, 6.45) is 1.80. The van der Waals surface area contributed by atoms with Gasteiger partial charge in [-0.05, 0) is 18.8 Å². The molecule has 3 nitrogen and oxygen atoms in total. The molecule has 0 bridgehead atoms. The molecule has 0 aliphatic rings. The molecule has 12 heavy (non-hydrogen) atoms. The molecular weight excluding hydrogens is 152 g/mol. The monoisotopic (exact) mass is 172 g/mol. The van der Waals surface area contributed by atoms with Crippen molar-refractivity contribution in [2.24, 2.45) is 11.7 Å². The highest BCUT2D eigenvalue weighted by molar-refractivity contribution is 5.80. The molecule has 3 heteroatoms. The molecule has 1 unspecified atom stereocenters. The molecule has 0 aliphatic carbocycles. The first kappa shape index (κ1) is 11.4. The number of hydrogen-bond acceptors (Lipinski definition) is 2. The summed E-state index contributed by atoms with van der Waals surface area (Å²) in [5.74, 6) is 0.640. The Bertz CT molecular complexity index is 143. The van der Waals surface area contributed by atoms with E-state index in [-0.39, 0.29) is 11.9 Å². The van der Waals surface area contributed by atoms with Gasteiger partial charge in [-0.25, -0.2) is 0 Å². The minimum Gasteiger partial charge on any atom is -0.347 e. The zero-order valence-corrected chi connectivity index (χ0v) is 8.50. The first-order valence-corrected chi connectivity index (χ1v) is 4.42. The number of carbonyl (C=O) groups excluding carboxylic acids is 1. The zero-order chi connectivity index (χ0) is 9.72. The molecule has 0 saturated carbocycles. The van der Waals surface area contributed by atoms with E-state index < -0.39 is 0 Å². The average Bonchev–Trinajstić information content (AvgIpc) is 1.98. The molecule has 2 N–H and O–H groups in total. The van der Waals surface area contributed by atoms with Crippen LogP contribution in [0.4, 0.5) is 0 Å². The van der Waals surface area contributed by atoms with Crippen molar-refractivity contribution in [2.45, 2.75) is 32.7 Å². The summed E-state index contributed by atoms with van der Waals surface area (Å²) in [4.78, 5) is 12.8. The standard InChI is InChI=1S/C9H20N2O/c1-7(2)5-6-8(10)9(12)11(3)4/h7-8H,5-6,10H2,1-4H3. The largest absolute Gasteiger partial charge is 0.347 e. The Morgan fingerprint density at radius 1 is 1.33 bits per heavy atom. The topological polar surface area (TPSA) is 46.3 Å². The smallest absolute Gasteiger partial charge is 0.238 e. The molecule has 0 saturated heterocycles. The Morgan fingerprint density at radius 2 is 1.83 bits per heavy atom. The van der Waals surface area contributed by atoms with Crippen molar-refractivity contribution in [2.75, 3.05) is 14.1 Å². The third-order valence-electron chi connectivity index (χ3n) is 1.81. The molecule has 0 radical (unpaired) electrons. The van der Waals surface area contributed by atoms with E-state index >= 15 is 0 Å². The highest BCUT2D eigenvalue weighted by Crippen LogP contribution is 2.06. The van der Waals surface area contributed by atoms with Crippen molar-refractivity contribution >= 4 is 5.91 Å². The van der Waals surface area contributed by atoms with Crippen molar-refractivity contribution in [3.05, 3.63) is 0 Å². The van der Waals surface area contributed by atoms with E-state index in [0.717, 1.165) is 12.8 Å². The summed E-state index contributed by atoms with van der Waals surface area (Å²) in [6.45, 7) is 4.26. The normalized spacial score (nSPS) is 13.2. The SMILES string of the molecule is CC(C)CCC(N)C(=O)N(C)C. The number of nitrogens with zero attached hydrogens (tertiary/aromatic N) is 1. The van der Waals surface area contributed by atoms with Crippen molar-refractivity contribution < 1.29 is 4.79 Å². The summed E-state index contributed by atoms with van der Waals surface area (Å²) < 4.78 is 0. The van der Waals surface area contributed by atoms with Gasteiger partial charge in [0, 0.05) is 14.1 Å². The second-order valence-corrected chi connectivity index (χ2v) is 3.81. The van der Waals surface area contributed by atoms with E-state index in [9.17, 15) is 4.79 Å². The second kappa shape index (κ2) is 5.14. The lowest BCUT2D eigenvalue weighted by molar-refractivity contribution is -0.130. The molecule has 1 amide bonds. The summed E-state index contributed by atoms with van der Waals surface area (Å²) in [5.41, 5.74) is 5.68. The molecule has 1 atom stereocenters. The van der Waals surface area contributed by atoms with Crippen LogP contribution in [0.5, 0.6) is 0 Å². The maximum absolute atomic E-state index is 11.3. The molecule has 0 aromatic heterocycles. The summed E-state index contributed by atoms with van der Waals surface area (Å²) in [5, 5.41) is 0. The van der Waals surface area contributed by atoms with E-state index in [4.69, 9.17) is 5.73 Å². The zero-order valence-electron chi connectivity index (χ0n) is 8.50. The second-order valence-electron chi connectivity index (χ2n) is 3.81. The van der Waals surface area contributed by atoms with Gasteiger partial charge in [-0.3, -0.25) is 4.79 Å². The molecule has 72 valence electrons. The Hall–Kier alpha value is -0.570. The molecule has 0 fully saturated rings. The highest BCUT2D eigenvalue weighted by Gasteiger charge is 2.14. The third kappa shape index (κ3) is 4.34. The van der Waals surface area contributed by atoms with Crippen LogP contribution in [0, 0.1) is 5.92 Å². The van der Waals surface area contributed by atoms with Crippen LogP contribution in [-0.2, 0) is 4.79 Å². The minimum absolute atomic E-state index is 0.0238. The number of likely N-dealkylation sites (N-methyl/N-ethyl adjacent to an activating group) is 1. The van der Waals surface area contributed by atoms with Crippen LogP contribution in [0.1, 0.15) is 26.7 Å². The van der Waals surface area contributed by atoms with Crippen LogP contribution < -0.4 is 5.73 Å². The Balaban J connectivity index is 3.72. The number of carbonyl (C=O) groups is 1. The quantitative estimate of drug-likeness (QED) is 0.683. The van der Waals surface area contributed by atoms with Gasteiger partial charge in [0.25, 0.3) is 0 Å². The van der Waals surface area contributed by atoms with Gasteiger partial charge in [0.2, 0.25) is 5.91 Å². The fourth-order valence-corrected chi connectivity index (χ4v) is 0.968. The van der Waals surface area contributed by atoms with Gasteiger partial charge in [-0.15, -0.1) is 0 Å². The summed E-state index contributed by atoms with van der Waals surface area (Å²) in [7, 11) is 3.47. The van der Waals surface area contributed by atoms with Crippen molar-refractivity contribution in [3.8, 4) is 0 Å². The minimum atomic E-state index is -0.317. The fraction of sp³-hybridized carbons (Fsp3) is 0.889. The molecular formula is C9H20N2O. The average molecular weight is 172 g/mol. The van der Waals surface area contributed by atoms with Crippen LogP contribution in [0.25, 0.3) is 0 Å². The molecule has 0 aromatic carbocycles. The molecule has 0 spiro atoms. The maximum atomic E-state index is 11.3. The first-order chi connectivity index (χ1) is 5.45. The molecule has 0 aromatic rings. The lowest BCUT2D eigenvalue weighted by Gasteiger charge is -2.17. The lowest BCUT2D eigenvalue weighted by atomic mass is 10.0. The Kier molecular flexibility index (Phi) is 4.90. The van der Waals surface area contributed by atoms with Crippen LogP contribution in [-0.4, -0.2) is 30.9 Å². The van der Waals surface area contributed by atoms with Gasteiger partial charge in [-0.1, -0.05) is 13.8 Å². The van der Waals surface area contributed by atoms with Gasteiger partial charge in [-0.2, -0.15) is 0 Å². The van der Waals surface area contributed by atoms with Crippen LogP contribution in [0.2, 0.25) is 0 Å². The predicted octanol–water partition coefficient (Wildman–Crippen LogP) is 0.838. The highest BCUT2D eigenvalue weighted by atomic mass is 16.2. The Labute approximate surface area is 74.9 Å². The van der Waals surface area contributed by atoms with Crippen molar-refractivity contribution in [1.29, 1.82) is 0 Å². The van der Waals surface area contributed by atoms with Crippen LogP contribution >= 0.6 is 0 Å². The maximum Gasteiger partial charge on any atom is 0.238 e. The number of amides is 1. The van der Waals surface area contributed by atoms with E-state index in [1.807, 2.05) is 0 Å².